The number of nitrogens with zero attached hydrogens (tertiary/aromatic N) is 1. The van der Waals surface area contributed by atoms with E-state index in [4.69, 9.17) is 27.9 Å². The summed E-state index contributed by atoms with van der Waals surface area (Å²) in [7, 11) is 0. The van der Waals surface area contributed by atoms with Crippen LogP contribution < -0.4 is 15.4 Å². The summed E-state index contributed by atoms with van der Waals surface area (Å²) < 4.78 is 5.31. The maximum absolute atomic E-state index is 12.3. The van der Waals surface area contributed by atoms with Gasteiger partial charge in [0.15, 0.2) is 6.61 Å². The number of benzene rings is 3. The molecule has 158 valence electrons. The molecule has 0 unspecified atom stereocenters. The number of carbonyl (C=O) groups is 2. The first-order valence-corrected chi connectivity index (χ1v) is 9.61. The van der Waals surface area contributed by atoms with Crippen molar-refractivity contribution in [1.82, 2.24) is 0 Å². The number of rotatable bonds is 7. The zero-order valence-electron chi connectivity index (χ0n) is 15.8. The summed E-state index contributed by atoms with van der Waals surface area (Å²) in [6.07, 6.45) is 0. The molecular weight excluding hydrogens is 445 g/mol. The number of nitro groups is 1. The van der Waals surface area contributed by atoms with E-state index in [0.29, 0.717) is 22.1 Å². The minimum Gasteiger partial charge on any atom is -0.484 e. The Morgan fingerprint density at radius 3 is 2.10 bits per heavy atom. The highest BCUT2D eigenvalue weighted by Crippen LogP contribution is 2.23. The van der Waals surface area contributed by atoms with Gasteiger partial charge in [-0.2, -0.15) is 0 Å². The van der Waals surface area contributed by atoms with Crippen LogP contribution in [0.5, 0.6) is 5.75 Å². The lowest BCUT2D eigenvalue weighted by Gasteiger charge is -2.10. The molecule has 0 saturated heterocycles. The Morgan fingerprint density at radius 1 is 0.903 bits per heavy atom. The molecule has 3 aromatic carbocycles. The second-order valence-corrected chi connectivity index (χ2v) is 7.09. The lowest BCUT2D eigenvalue weighted by atomic mass is 10.2. The molecule has 10 heteroatoms. The zero-order valence-corrected chi connectivity index (χ0v) is 17.3. The predicted octanol–water partition coefficient (Wildman–Crippen LogP) is 5.17. The Hall–Kier alpha value is -3.62. The van der Waals surface area contributed by atoms with Crippen molar-refractivity contribution in [2.45, 2.75) is 0 Å². The molecule has 3 rings (SSSR count). The lowest BCUT2D eigenvalue weighted by Crippen LogP contribution is -2.20. The fourth-order valence-electron chi connectivity index (χ4n) is 2.52. The Balaban J connectivity index is 1.52. The van der Waals surface area contributed by atoms with Crippen LogP contribution in [0.15, 0.2) is 66.7 Å². The Labute approximate surface area is 186 Å². The Morgan fingerprint density at radius 2 is 1.52 bits per heavy atom. The molecule has 31 heavy (non-hydrogen) atoms. The number of hydrogen-bond donors (Lipinski definition) is 2. The van der Waals surface area contributed by atoms with Gasteiger partial charge in [0.25, 0.3) is 17.5 Å². The van der Waals surface area contributed by atoms with Crippen LogP contribution in [0.2, 0.25) is 10.0 Å². The molecule has 0 fully saturated rings. The number of non-ortho nitro benzene ring substituents is 1. The molecule has 0 saturated carbocycles. The van der Waals surface area contributed by atoms with Crippen molar-refractivity contribution in [1.29, 1.82) is 0 Å². The maximum atomic E-state index is 12.3. The van der Waals surface area contributed by atoms with Crippen LogP contribution in [-0.4, -0.2) is 23.3 Å². The first-order valence-electron chi connectivity index (χ1n) is 8.85. The van der Waals surface area contributed by atoms with E-state index in [2.05, 4.69) is 10.6 Å². The largest absolute Gasteiger partial charge is 0.484 e. The Kier molecular flexibility index (Phi) is 7.07. The van der Waals surface area contributed by atoms with Gasteiger partial charge in [-0.05, 0) is 54.6 Å². The van der Waals surface area contributed by atoms with E-state index in [1.165, 1.54) is 36.4 Å². The molecule has 0 spiro atoms. The molecule has 0 bridgehead atoms. The second-order valence-electron chi connectivity index (χ2n) is 6.24. The number of ether oxygens (including phenoxy) is 1. The van der Waals surface area contributed by atoms with E-state index in [-0.39, 0.29) is 22.9 Å². The van der Waals surface area contributed by atoms with E-state index in [9.17, 15) is 19.7 Å². The van der Waals surface area contributed by atoms with Crippen molar-refractivity contribution in [3.8, 4) is 5.75 Å². The molecular formula is C21H15Cl2N3O5. The average molecular weight is 460 g/mol. The summed E-state index contributed by atoms with van der Waals surface area (Å²) in [5.74, 6) is -0.474. The zero-order chi connectivity index (χ0) is 22.4. The summed E-state index contributed by atoms with van der Waals surface area (Å²) >= 11 is 11.9. The van der Waals surface area contributed by atoms with Crippen LogP contribution in [0.1, 0.15) is 10.4 Å². The molecule has 0 aliphatic heterocycles. The quantitative estimate of drug-likeness (QED) is 0.373. The topological polar surface area (TPSA) is 111 Å². The van der Waals surface area contributed by atoms with Gasteiger partial charge in [0, 0.05) is 28.5 Å². The van der Waals surface area contributed by atoms with Gasteiger partial charge in [-0.3, -0.25) is 19.7 Å². The van der Waals surface area contributed by atoms with Gasteiger partial charge in [-0.15, -0.1) is 0 Å². The minimum atomic E-state index is -0.521. The van der Waals surface area contributed by atoms with Crippen LogP contribution in [0.25, 0.3) is 0 Å². The summed E-state index contributed by atoms with van der Waals surface area (Å²) in [4.78, 5) is 34.5. The van der Waals surface area contributed by atoms with Crippen LogP contribution >= 0.6 is 23.2 Å². The van der Waals surface area contributed by atoms with Crippen LogP contribution in [-0.2, 0) is 4.79 Å². The monoisotopic (exact) mass is 459 g/mol. The van der Waals surface area contributed by atoms with Crippen molar-refractivity contribution in [2.75, 3.05) is 17.2 Å². The number of halogens is 2. The molecule has 2 N–H and O–H groups in total. The third-order valence-electron chi connectivity index (χ3n) is 4.02. The summed E-state index contributed by atoms with van der Waals surface area (Å²) in [6, 6.07) is 16.4. The standard InChI is InChI=1S/C21H15Cl2N3O5/c22-13-1-10-18(19(23)11-13)21(28)25-15-4-2-14(3-5-15)24-20(27)12-31-17-8-6-16(7-9-17)26(29)30/h1-11H,12H2,(H,24,27)(H,25,28). The van der Waals surface area contributed by atoms with E-state index in [1.54, 1.807) is 30.3 Å². The maximum Gasteiger partial charge on any atom is 0.269 e. The van der Waals surface area contributed by atoms with Gasteiger partial charge in [0.2, 0.25) is 0 Å². The third kappa shape index (κ3) is 6.18. The predicted molar refractivity (Wildman–Crippen MR) is 118 cm³/mol. The van der Waals surface area contributed by atoms with E-state index in [0.717, 1.165) is 0 Å². The number of hydrogen-bond acceptors (Lipinski definition) is 5. The molecule has 2 amide bonds. The van der Waals surface area contributed by atoms with Crippen LogP contribution in [0.4, 0.5) is 17.1 Å². The summed E-state index contributed by atoms with van der Waals surface area (Å²) in [5, 5.41) is 16.7. The van der Waals surface area contributed by atoms with E-state index < -0.39 is 16.7 Å². The first-order chi connectivity index (χ1) is 14.8. The molecule has 0 heterocycles. The van der Waals surface area contributed by atoms with Crippen LogP contribution in [0.3, 0.4) is 0 Å². The van der Waals surface area contributed by atoms with Gasteiger partial charge in [-0.1, -0.05) is 23.2 Å². The number of nitro benzene ring substituents is 1. The molecule has 0 aliphatic rings. The Bertz CT molecular complexity index is 1120. The van der Waals surface area contributed by atoms with Gasteiger partial charge in [-0.25, -0.2) is 0 Å². The molecule has 3 aromatic rings. The highest BCUT2D eigenvalue weighted by Gasteiger charge is 2.11. The highest BCUT2D eigenvalue weighted by molar-refractivity contribution is 6.37. The van der Waals surface area contributed by atoms with E-state index in [1.807, 2.05) is 0 Å². The normalized spacial score (nSPS) is 10.3. The van der Waals surface area contributed by atoms with Crippen molar-refractivity contribution in [3.63, 3.8) is 0 Å². The van der Waals surface area contributed by atoms with Gasteiger partial charge >= 0.3 is 0 Å². The highest BCUT2D eigenvalue weighted by atomic mass is 35.5. The SMILES string of the molecule is O=C(COc1ccc([N+](=O)[O-])cc1)Nc1ccc(NC(=O)c2ccc(Cl)cc2Cl)cc1. The average Bonchev–Trinajstić information content (AvgIpc) is 2.74. The third-order valence-corrected chi connectivity index (χ3v) is 4.57. The number of anilines is 2. The second kappa shape index (κ2) is 9.92. The van der Waals surface area contributed by atoms with Gasteiger partial charge < -0.3 is 15.4 Å². The van der Waals surface area contributed by atoms with Crippen molar-refractivity contribution < 1.29 is 19.2 Å². The molecule has 0 aromatic heterocycles. The fourth-order valence-corrected chi connectivity index (χ4v) is 3.01. The lowest BCUT2D eigenvalue weighted by molar-refractivity contribution is -0.384. The van der Waals surface area contributed by atoms with Gasteiger partial charge in [0.1, 0.15) is 5.75 Å². The van der Waals surface area contributed by atoms with Crippen molar-refractivity contribution >= 4 is 52.1 Å². The number of carbonyl (C=O) groups excluding carboxylic acids is 2. The van der Waals surface area contributed by atoms with Crippen LogP contribution in [0, 0.1) is 10.1 Å². The fraction of sp³-hybridized carbons (Fsp3) is 0.0476. The van der Waals surface area contributed by atoms with Crippen molar-refractivity contribution in [3.05, 3.63) is 92.5 Å². The van der Waals surface area contributed by atoms with Gasteiger partial charge in [0.05, 0.1) is 15.5 Å². The number of amides is 2. The molecule has 0 aliphatic carbocycles. The molecule has 0 radical (unpaired) electrons. The smallest absolute Gasteiger partial charge is 0.269 e. The van der Waals surface area contributed by atoms with Crippen molar-refractivity contribution in [2.24, 2.45) is 0 Å². The first kappa shape index (κ1) is 22.1. The van der Waals surface area contributed by atoms with E-state index >= 15 is 0 Å². The summed E-state index contributed by atoms with van der Waals surface area (Å²) in [5.41, 5.74) is 1.23. The summed E-state index contributed by atoms with van der Waals surface area (Å²) in [6.45, 7) is -0.272. The minimum absolute atomic E-state index is 0.0673. The molecule has 8 nitrogen and oxygen atoms in total. The molecule has 0 atom stereocenters. The number of nitrogens with one attached hydrogen (secondary N) is 2.